The second kappa shape index (κ2) is 14.3. The minimum atomic E-state index is -1.18. The Labute approximate surface area is 155 Å². The number of quaternary nitrogens is 1. The van der Waals surface area contributed by atoms with E-state index in [1.165, 1.54) is 19.3 Å². The molecule has 0 saturated heterocycles. The highest BCUT2D eigenvalue weighted by atomic mass is 16.4. The van der Waals surface area contributed by atoms with E-state index in [1.807, 2.05) is 6.92 Å². The lowest BCUT2D eigenvalue weighted by molar-refractivity contribution is -0.907. The summed E-state index contributed by atoms with van der Waals surface area (Å²) >= 11 is 0. The zero-order chi connectivity index (χ0) is 19.8. The van der Waals surface area contributed by atoms with Crippen molar-refractivity contribution in [1.82, 2.24) is 0 Å². The predicted octanol–water partition coefficient (Wildman–Crippen LogP) is 3.14. The number of rotatable bonds is 17. The van der Waals surface area contributed by atoms with Gasteiger partial charge < -0.3 is 15.3 Å². The van der Waals surface area contributed by atoms with Crippen molar-refractivity contribution in [3.8, 4) is 0 Å². The fraction of sp³-hybridized carbons (Fsp3) is 0.737. The number of carboxylic acids is 3. The first-order chi connectivity index (χ1) is 12.3. The van der Waals surface area contributed by atoms with Crippen LogP contribution in [0.1, 0.15) is 64.7 Å². The molecule has 0 aromatic carbocycles. The van der Waals surface area contributed by atoms with Gasteiger partial charge in [0.1, 0.15) is 0 Å². The lowest BCUT2D eigenvalue weighted by atomic mass is 10.1. The molecule has 0 amide bonds. The molecule has 0 aromatic heterocycles. The maximum Gasteiger partial charge on any atom is 0.359 e. The van der Waals surface area contributed by atoms with Crippen LogP contribution in [0.5, 0.6) is 0 Å². The zero-order valence-corrected chi connectivity index (χ0v) is 15.9. The molecular weight excluding hydrogens is 338 g/mol. The van der Waals surface area contributed by atoms with Gasteiger partial charge in [-0.05, 0) is 32.6 Å². The number of aliphatic carboxylic acids is 3. The van der Waals surface area contributed by atoms with Crippen molar-refractivity contribution >= 4 is 17.9 Å². The summed E-state index contributed by atoms with van der Waals surface area (Å²) in [5, 5.41) is 27.1. The van der Waals surface area contributed by atoms with E-state index in [4.69, 9.17) is 15.3 Å². The lowest BCUT2D eigenvalue weighted by Crippen LogP contribution is -2.57. The molecule has 7 nitrogen and oxygen atoms in total. The quantitative estimate of drug-likeness (QED) is 0.205. The number of hydrogen-bond donors (Lipinski definition) is 3. The highest BCUT2D eigenvalue weighted by molar-refractivity contribution is 5.73. The van der Waals surface area contributed by atoms with Crippen molar-refractivity contribution < 1.29 is 34.2 Å². The fourth-order valence-electron chi connectivity index (χ4n) is 3.20. The first-order valence-electron chi connectivity index (χ1n) is 9.43. The van der Waals surface area contributed by atoms with Crippen LogP contribution in [0.15, 0.2) is 12.2 Å². The van der Waals surface area contributed by atoms with Gasteiger partial charge in [-0.3, -0.25) is 4.48 Å². The van der Waals surface area contributed by atoms with Crippen LogP contribution in [0.4, 0.5) is 0 Å². The number of nitrogens with zero attached hydrogens (tertiary/aromatic N) is 1. The number of allylic oxidation sites excluding steroid dienone is 2. The van der Waals surface area contributed by atoms with Crippen molar-refractivity contribution in [2.24, 2.45) is 0 Å². The molecular formula is C19H34NO6+. The van der Waals surface area contributed by atoms with Crippen LogP contribution in [0.3, 0.4) is 0 Å². The molecule has 0 aliphatic rings. The van der Waals surface area contributed by atoms with Gasteiger partial charge in [-0.25, -0.2) is 14.4 Å². The van der Waals surface area contributed by atoms with Crippen LogP contribution >= 0.6 is 0 Å². The SMILES string of the molecule is C/C=C/CCCCCCCCCC[N+](CC(=O)O)(CC(=O)O)CC(=O)O. The van der Waals surface area contributed by atoms with Crippen LogP contribution in [0, 0.1) is 0 Å². The maximum absolute atomic E-state index is 11.1. The monoisotopic (exact) mass is 372 g/mol. The summed E-state index contributed by atoms with van der Waals surface area (Å²) in [7, 11) is 0. The average Bonchev–Trinajstić information content (AvgIpc) is 2.50. The van der Waals surface area contributed by atoms with E-state index in [1.54, 1.807) is 0 Å². The molecule has 26 heavy (non-hydrogen) atoms. The molecule has 0 atom stereocenters. The molecule has 0 aliphatic carbocycles. The van der Waals surface area contributed by atoms with Gasteiger partial charge in [-0.1, -0.05) is 44.3 Å². The first kappa shape index (κ1) is 24.1. The molecule has 0 unspecified atom stereocenters. The molecule has 0 spiro atoms. The number of carbonyl (C=O) groups is 3. The van der Waals surface area contributed by atoms with E-state index in [0.717, 1.165) is 32.1 Å². The molecule has 0 aromatic rings. The van der Waals surface area contributed by atoms with Crippen LogP contribution in [0.25, 0.3) is 0 Å². The number of carboxylic acid groups (broad SMARTS) is 3. The van der Waals surface area contributed by atoms with E-state index in [-0.39, 0.29) is 6.54 Å². The molecule has 0 radical (unpaired) electrons. The van der Waals surface area contributed by atoms with Crippen LogP contribution < -0.4 is 0 Å². The minimum absolute atomic E-state index is 0.258. The van der Waals surface area contributed by atoms with Crippen molar-refractivity contribution in [1.29, 1.82) is 0 Å². The van der Waals surface area contributed by atoms with Crippen molar-refractivity contribution in [3.63, 3.8) is 0 Å². The Kier molecular flexibility index (Phi) is 13.3. The van der Waals surface area contributed by atoms with Crippen molar-refractivity contribution in [2.45, 2.75) is 64.7 Å². The predicted molar refractivity (Wildman–Crippen MR) is 99.0 cm³/mol. The summed E-state index contributed by atoms with van der Waals surface area (Å²) in [6, 6.07) is 0. The number of unbranched alkanes of at least 4 members (excludes halogenated alkanes) is 8. The summed E-state index contributed by atoms with van der Waals surface area (Å²) in [6.45, 7) is 0.839. The highest BCUT2D eigenvalue weighted by Gasteiger charge is 2.35. The van der Waals surface area contributed by atoms with Crippen molar-refractivity contribution in [3.05, 3.63) is 12.2 Å². The van der Waals surface area contributed by atoms with Crippen LogP contribution in [-0.4, -0.2) is 63.9 Å². The summed E-state index contributed by atoms with van der Waals surface area (Å²) < 4.78 is -0.440. The average molecular weight is 372 g/mol. The molecule has 7 heteroatoms. The van der Waals surface area contributed by atoms with Gasteiger partial charge >= 0.3 is 17.9 Å². The van der Waals surface area contributed by atoms with E-state index in [2.05, 4.69) is 12.2 Å². The van der Waals surface area contributed by atoms with Crippen LogP contribution in [0.2, 0.25) is 0 Å². The summed E-state index contributed by atoms with van der Waals surface area (Å²) in [4.78, 5) is 33.2. The largest absolute Gasteiger partial charge is 0.477 e. The molecule has 0 heterocycles. The molecule has 150 valence electrons. The Morgan fingerprint density at radius 1 is 0.692 bits per heavy atom. The smallest absolute Gasteiger partial charge is 0.359 e. The third-order valence-electron chi connectivity index (χ3n) is 4.40. The van der Waals surface area contributed by atoms with E-state index in [9.17, 15) is 14.4 Å². The molecule has 0 fully saturated rings. The van der Waals surface area contributed by atoms with Gasteiger partial charge in [-0.15, -0.1) is 0 Å². The topological polar surface area (TPSA) is 112 Å². The molecule has 3 N–H and O–H groups in total. The standard InChI is InChI=1S/C19H33NO6/c1-2-3-4-5-6-7-8-9-10-11-12-13-20(14-17(21)22,15-18(23)24)16-19(25)26/h2-3H,4-16H2,1H3,(H2-,21,22,23,24,25,26)/p+1/b3-2+. The Hall–Kier alpha value is -1.89. The normalized spacial score (nSPS) is 11.7. The zero-order valence-electron chi connectivity index (χ0n) is 15.9. The first-order valence-corrected chi connectivity index (χ1v) is 9.43. The van der Waals surface area contributed by atoms with E-state index >= 15 is 0 Å². The maximum atomic E-state index is 11.1. The van der Waals surface area contributed by atoms with Gasteiger partial charge in [0.05, 0.1) is 6.54 Å². The number of hydrogen-bond acceptors (Lipinski definition) is 3. The lowest BCUT2D eigenvalue weighted by Gasteiger charge is -2.34. The molecule has 0 bridgehead atoms. The third-order valence-corrected chi connectivity index (χ3v) is 4.40. The van der Waals surface area contributed by atoms with Gasteiger partial charge in [0, 0.05) is 0 Å². The summed E-state index contributed by atoms with van der Waals surface area (Å²) in [5.41, 5.74) is 0. The van der Waals surface area contributed by atoms with Gasteiger partial charge in [0.15, 0.2) is 19.6 Å². The second-order valence-electron chi connectivity index (χ2n) is 6.91. The molecule has 0 aliphatic heterocycles. The fourth-order valence-corrected chi connectivity index (χ4v) is 3.20. The Morgan fingerprint density at radius 2 is 1.08 bits per heavy atom. The highest BCUT2D eigenvalue weighted by Crippen LogP contribution is 2.14. The summed E-state index contributed by atoms with van der Waals surface area (Å²) in [5.74, 6) is -3.53. The molecule has 0 saturated carbocycles. The third kappa shape index (κ3) is 13.4. The van der Waals surface area contributed by atoms with E-state index < -0.39 is 42.0 Å². The minimum Gasteiger partial charge on any atom is -0.477 e. The van der Waals surface area contributed by atoms with Gasteiger partial charge in [0.25, 0.3) is 0 Å². The van der Waals surface area contributed by atoms with E-state index in [0.29, 0.717) is 6.42 Å². The Balaban J connectivity index is 4.17. The van der Waals surface area contributed by atoms with Gasteiger partial charge in [0.2, 0.25) is 0 Å². The van der Waals surface area contributed by atoms with Gasteiger partial charge in [-0.2, -0.15) is 0 Å². The van der Waals surface area contributed by atoms with Crippen molar-refractivity contribution in [2.75, 3.05) is 26.2 Å². The second-order valence-corrected chi connectivity index (χ2v) is 6.91. The summed E-state index contributed by atoms with van der Waals surface area (Å²) in [6.07, 6.45) is 13.8. The Bertz CT molecular complexity index is 420. The molecule has 0 rings (SSSR count). The van der Waals surface area contributed by atoms with Crippen LogP contribution in [-0.2, 0) is 14.4 Å². The Morgan fingerprint density at radius 3 is 1.46 bits per heavy atom.